The summed E-state index contributed by atoms with van der Waals surface area (Å²) in [7, 11) is 1.56. The Morgan fingerprint density at radius 3 is 2.51 bits per heavy atom. The predicted octanol–water partition coefficient (Wildman–Crippen LogP) is 6.98. The van der Waals surface area contributed by atoms with Crippen molar-refractivity contribution in [2.24, 2.45) is 0 Å². The maximum Gasteiger partial charge on any atom is 0.266 e. The molecule has 0 aliphatic carbocycles. The zero-order chi connectivity index (χ0) is 26.2. The second-order valence-corrected chi connectivity index (χ2v) is 9.20. The number of nitrogens with one attached hydrogen (secondary N) is 1. The minimum atomic E-state index is -0.503. The Kier molecular flexibility index (Phi) is 8.64. The predicted molar refractivity (Wildman–Crippen MR) is 154 cm³/mol. The van der Waals surface area contributed by atoms with Crippen LogP contribution in [0.2, 0.25) is 0 Å². The van der Waals surface area contributed by atoms with Gasteiger partial charge in [-0.3, -0.25) is 4.79 Å². The molecule has 0 heterocycles. The summed E-state index contributed by atoms with van der Waals surface area (Å²) in [6.07, 6.45) is 1.53. The highest BCUT2D eigenvalue weighted by Gasteiger charge is 2.15. The summed E-state index contributed by atoms with van der Waals surface area (Å²) in [5, 5.41) is 14.7. The summed E-state index contributed by atoms with van der Waals surface area (Å²) < 4.78 is 18.0. The number of nitrogens with zero attached hydrogens (tertiary/aromatic N) is 1. The number of halogens is 1. The van der Waals surface area contributed by atoms with Gasteiger partial charge >= 0.3 is 0 Å². The van der Waals surface area contributed by atoms with Crippen LogP contribution in [-0.2, 0) is 11.4 Å². The summed E-state index contributed by atoms with van der Waals surface area (Å²) in [6.45, 7) is 2.83. The maximum atomic E-state index is 12.7. The first-order valence-electron chi connectivity index (χ1n) is 11.7. The molecule has 186 valence electrons. The van der Waals surface area contributed by atoms with Crippen LogP contribution in [0.3, 0.4) is 0 Å². The number of anilines is 1. The van der Waals surface area contributed by atoms with Crippen molar-refractivity contribution in [1.82, 2.24) is 0 Å². The monoisotopic (exact) mass is 604 g/mol. The van der Waals surface area contributed by atoms with E-state index < -0.39 is 5.91 Å². The molecule has 4 rings (SSSR count). The lowest BCUT2D eigenvalue weighted by molar-refractivity contribution is -0.112. The standard InChI is InChI=1S/C30H25IN2O4/c1-3-36-25-13-11-24(12-14-25)33-30(34)23(18-32)15-20-16-27(31)29(28(17-20)35-2)37-19-22-9-6-8-21-7-4-5-10-26(21)22/h4-17H,3,19H2,1-2H3,(H,33,34)/b23-15+. The van der Waals surface area contributed by atoms with Crippen LogP contribution < -0.4 is 19.5 Å². The van der Waals surface area contributed by atoms with Crippen LogP contribution in [0.15, 0.2) is 84.4 Å². The van der Waals surface area contributed by atoms with Crippen molar-refractivity contribution < 1.29 is 19.0 Å². The third-order valence-corrected chi connectivity index (χ3v) is 6.40. The molecule has 7 heteroatoms. The van der Waals surface area contributed by atoms with Crippen molar-refractivity contribution in [3.63, 3.8) is 0 Å². The van der Waals surface area contributed by atoms with Crippen LogP contribution in [0.4, 0.5) is 5.69 Å². The van der Waals surface area contributed by atoms with Gasteiger partial charge in [-0.05, 0) is 93.9 Å². The Labute approximate surface area is 229 Å². The molecule has 0 bridgehead atoms. The Balaban J connectivity index is 1.53. The lowest BCUT2D eigenvalue weighted by Gasteiger charge is -2.15. The fourth-order valence-corrected chi connectivity index (χ4v) is 4.63. The molecule has 1 N–H and O–H groups in total. The minimum absolute atomic E-state index is 0.0313. The van der Waals surface area contributed by atoms with Crippen LogP contribution in [0.1, 0.15) is 18.1 Å². The van der Waals surface area contributed by atoms with Crippen molar-refractivity contribution in [2.75, 3.05) is 19.0 Å². The fraction of sp³-hybridized carbons (Fsp3) is 0.133. The Hall–Kier alpha value is -4.03. The summed E-state index contributed by atoms with van der Waals surface area (Å²) in [6, 6.07) is 26.9. The number of hydrogen-bond acceptors (Lipinski definition) is 5. The van der Waals surface area contributed by atoms with Gasteiger partial charge in [0.1, 0.15) is 24.0 Å². The molecule has 0 aliphatic heterocycles. The molecule has 6 nitrogen and oxygen atoms in total. The molecule has 1 amide bonds. The number of methoxy groups -OCH3 is 1. The SMILES string of the molecule is CCOc1ccc(NC(=O)/C(C#N)=C/c2cc(I)c(OCc3cccc4ccccc34)c(OC)c2)cc1. The van der Waals surface area contributed by atoms with Crippen LogP contribution in [0.5, 0.6) is 17.2 Å². The van der Waals surface area contributed by atoms with E-state index in [9.17, 15) is 10.1 Å². The highest BCUT2D eigenvalue weighted by atomic mass is 127. The van der Waals surface area contributed by atoms with Crippen LogP contribution in [0.25, 0.3) is 16.8 Å². The van der Waals surface area contributed by atoms with Gasteiger partial charge in [0, 0.05) is 5.69 Å². The Morgan fingerprint density at radius 2 is 1.78 bits per heavy atom. The zero-order valence-electron chi connectivity index (χ0n) is 20.5. The first kappa shape index (κ1) is 26.0. The zero-order valence-corrected chi connectivity index (χ0v) is 22.6. The van der Waals surface area contributed by atoms with Crippen LogP contribution in [0, 0.1) is 14.9 Å². The molecule has 4 aromatic carbocycles. The highest BCUT2D eigenvalue weighted by Crippen LogP contribution is 2.35. The van der Waals surface area contributed by atoms with Gasteiger partial charge in [-0.25, -0.2) is 0 Å². The lowest BCUT2D eigenvalue weighted by Crippen LogP contribution is -2.13. The van der Waals surface area contributed by atoms with Gasteiger partial charge in [0.2, 0.25) is 0 Å². The normalized spacial score (nSPS) is 11.0. The first-order chi connectivity index (χ1) is 18.0. The smallest absolute Gasteiger partial charge is 0.266 e. The minimum Gasteiger partial charge on any atom is -0.494 e. The molecule has 4 aromatic rings. The van der Waals surface area contributed by atoms with E-state index in [1.807, 2.05) is 43.3 Å². The van der Waals surface area contributed by atoms with E-state index in [4.69, 9.17) is 14.2 Å². The lowest BCUT2D eigenvalue weighted by atomic mass is 10.1. The second-order valence-electron chi connectivity index (χ2n) is 8.04. The molecule has 0 aromatic heterocycles. The molecule has 0 radical (unpaired) electrons. The molecule has 0 fully saturated rings. The van der Waals surface area contributed by atoms with Crippen LogP contribution >= 0.6 is 22.6 Å². The molecule has 0 saturated carbocycles. The van der Waals surface area contributed by atoms with Gasteiger partial charge in [-0.15, -0.1) is 0 Å². The second kappa shape index (κ2) is 12.3. The van der Waals surface area contributed by atoms with Gasteiger partial charge < -0.3 is 19.5 Å². The van der Waals surface area contributed by atoms with Gasteiger partial charge in [-0.1, -0.05) is 42.5 Å². The van der Waals surface area contributed by atoms with Crippen molar-refractivity contribution in [3.8, 4) is 23.3 Å². The Bertz CT molecular complexity index is 1480. The average Bonchev–Trinajstić information content (AvgIpc) is 2.92. The number of ether oxygens (including phenoxy) is 3. The van der Waals surface area contributed by atoms with Crippen molar-refractivity contribution in [2.45, 2.75) is 13.5 Å². The van der Waals surface area contributed by atoms with E-state index in [2.05, 4.69) is 46.1 Å². The third-order valence-electron chi connectivity index (χ3n) is 5.60. The number of amides is 1. The van der Waals surface area contributed by atoms with E-state index in [0.29, 0.717) is 41.7 Å². The first-order valence-corrected chi connectivity index (χ1v) is 12.7. The Morgan fingerprint density at radius 1 is 1.03 bits per heavy atom. The highest BCUT2D eigenvalue weighted by molar-refractivity contribution is 14.1. The molecule has 37 heavy (non-hydrogen) atoms. The van der Waals surface area contributed by atoms with Gasteiger partial charge in [-0.2, -0.15) is 5.26 Å². The van der Waals surface area contributed by atoms with Crippen LogP contribution in [-0.4, -0.2) is 19.6 Å². The number of nitriles is 1. The number of carbonyl (C=O) groups excluding carboxylic acids is 1. The van der Waals surface area contributed by atoms with Gasteiger partial charge in [0.15, 0.2) is 11.5 Å². The van der Waals surface area contributed by atoms with E-state index in [1.54, 1.807) is 37.4 Å². The van der Waals surface area contributed by atoms with Crippen molar-refractivity contribution in [1.29, 1.82) is 5.26 Å². The van der Waals surface area contributed by atoms with Gasteiger partial charge in [0.25, 0.3) is 5.91 Å². The number of benzene rings is 4. The van der Waals surface area contributed by atoms with Crippen molar-refractivity contribution in [3.05, 3.63) is 99.1 Å². The van der Waals surface area contributed by atoms with Gasteiger partial charge in [0.05, 0.1) is 17.3 Å². The summed E-state index contributed by atoms with van der Waals surface area (Å²) >= 11 is 2.17. The molecule has 0 atom stereocenters. The molecule has 0 spiro atoms. The quantitative estimate of drug-likeness (QED) is 0.127. The third kappa shape index (κ3) is 6.40. The van der Waals surface area contributed by atoms with Crippen molar-refractivity contribution >= 4 is 51.0 Å². The largest absolute Gasteiger partial charge is 0.494 e. The number of hydrogen-bond donors (Lipinski definition) is 1. The number of fused-ring (bicyclic) bond motifs is 1. The summed E-state index contributed by atoms with van der Waals surface area (Å²) in [5.74, 6) is 1.33. The topological polar surface area (TPSA) is 80.6 Å². The van der Waals surface area contributed by atoms with E-state index >= 15 is 0 Å². The molecular formula is C30H25IN2O4. The van der Waals surface area contributed by atoms with E-state index in [1.165, 1.54) is 6.08 Å². The summed E-state index contributed by atoms with van der Waals surface area (Å²) in [5.41, 5.74) is 2.25. The molecular weight excluding hydrogens is 579 g/mol. The maximum absolute atomic E-state index is 12.7. The molecule has 0 saturated heterocycles. The van der Waals surface area contributed by atoms with E-state index in [0.717, 1.165) is 19.9 Å². The van der Waals surface area contributed by atoms with E-state index in [-0.39, 0.29) is 5.57 Å². The number of carbonyl (C=O) groups is 1. The number of rotatable bonds is 9. The molecule has 0 aliphatic rings. The summed E-state index contributed by atoms with van der Waals surface area (Å²) in [4.78, 5) is 12.7. The average molecular weight is 604 g/mol. The fourth-order valence-electron chi connectivity index (χ4n) is 3.85. The molecule has 0 unspecified atom stereocenters.